The summed E-state index contributed by atoms with van der Waals surface area (Å²) in [7, 11) is 2.05. The zero-order valence-electron chi connectivity index (χ0n) is 12.2. The molecule has 0 saturated carbocycles. The maximum Gasteiger partial charge on any atom is 0.237 e. The minimum absolute atomic E-state index is 0.0155. The average molecular weight is 255 g/mol. The molecular weight excluding hydrogens is 226 g/mol. The fraction of sp³-hybridized carbons (Fsp3) is 0.929. The maximum atomic E-state index is 11.8. The molecule has 0 aromatic heterocycles. The van der Waals surface area contributed by atoms with Crippen molar-refractivity contribution in [1.82, 2.24) is 15.5 Å². The molecule has 1 aliphatic rings. The molecule has 18 heavy (non-hydrogen) atoms. The molecule has 0 aliphatic carbocycles. The molecule has 1 fully saturated rings. The molecule has 1 heterocycles. The van der Waals surface area contributed by atoms with Crippen molar-refractivity contribution in [2.24, 2.45) is 5.92 Å². The van der Waals surface area contributed by atoms with E-state index in [1.807, 2.05) is 6.92 Å². The number of hydrogen-bond acceptors (Lipinski definition) is 3. The first-order valence-corrected chi connectivity index (χ1v) is 7.33. The third-order valence-electron chi connectivity index (χ3n) is 3.94. The van der Waals surface area contributed by atoms with Gasteiger partial charge in [-0.1, -0.05) is 6.92 Å². The van der Waals surface area contributed by atoms with Crippen molar-refractivity contribution in [3.8, 4) is 0 Å². The third-order valence-corrected chi connectivity index (χ3v) is 3.94. The van der Waals surface area contributed by atoms with Crippen LogP contribution in [0.15, 0.2) is 0 Å². The molecule has 1 unspecified atom stereocenters. The predicted molar refractivity (Wildman–Crippen MR) is 75.6 cm³/mol. The summed E-state index contributed by atoms with van der Waals surface area (Å²) >= 11 is 0. The number of rotatable bonds is 7. The standard InChI is InChI=1S/C14H29N3O/c1-4-8-16-14(18)12(2)17(3)11-7-13-5-9-15-10-6-13/h12-13,15H,4-11H2,1-3H3,(H,16,18). The van der Waals surface area contributed by atoms with Gasteiger partial charge >= 0.3 is 0 Å². The van der Waals surface area contributed by atoms with Crippen LogP contribution in [0.2, 0.25) is 0 Å². The van der Waals surface area contributed by atoms with E-state index in [-0.39, 0.29) is 11.9 Å². The monoisotopic (exact) mass is 255 g/mol. The highest BCUT2D eigenvalue weighted by atomic mass is 16.2. The Bertz CT molecular complexity index is 239. The van der Waals surface area contributed by atoms with Gasteiger partial charge in [-0.05, 0) is 65.2 Å². The lowest BCUT2D eigenvalue weighted by atomic mass is 9.94. The topological polar surface area (TPSA) is 44.4 Å². The van der Waals surface area contributed by atoms with Crippen LogP contribution in [0.1, 0.15) is 39.5 Å². The van der Waals surface area contributed by atoms with Crippen LogP contribution in [0.25, 0.3) is 0 Å². The van der Waals surface area contributed by atoms with Crippen molar-refractivity contribution in [2.75, 3.05) is 33.2 Å². The van der Waals surface area contributed by atoms with Crippen LogP contribution < -0.4 is 10.6 Å². The molecular formula is C14H29N3O. The van der Waals surface area contributed by atoms with Crippen LogP contribution in [0, 0.1) is 5.92 Å². The molecule has 1 rings (SSSR count). The van der Waals surface area contributed by atoms with Crippen LogP contribution in [-0.4, -0.2) is 50.1 Å². The fourth-order valence-corrected chi connectivity index (χ4v) is 2.35. The van der Waals surface area contributed by atoms with Crippen LogP contribution in [0.3, 0.4) is 0 Å². The molecule has 0 spiro atoms. The number of nitrogens with one attached hydrogen (secondary N) is 2. The zero-order chi connectivity index (χ0) is 13.4. The van der Waals surface area contributed by atoms with Gasteiger partial charge in [0.25, 0.3) is 0 Å². The normalized spacial score (nSPS) is 18.9. The molecule has 2 N–H and O–H groups in total. The number of likely N-dealkylation sites (N-methyl/N-ethyl adjacent to an activating group) is 1. The number of carbonyl (C=O) groups is 1. The van der Waals surface area contributed by atoms with E-state index in [0.717, 1.165) is 38.5 Å². The van der Waals surface area contributed by atoms with Gasteiger partial charge in [-0.3, -0.25) is 9.69 Å². The molecule has 1 atom stereocenters. The first kappa shape index (κ1) is 15.4. The van der Waals surface area contributed by atoms with Crippen molar-refractivity contribution < 1.29 is 4.79 Å². The van der Waals surface area contributed by atoms with Gasteiger partial charge in [0.2, 0.25) is 5.91 Å². The van der Waals surface area contributed by atoms with Gasteiger partial charge in [-0.2, -0.15) is 0 Å². The fourth-order valence-electron chi connectivity index (χ4n) is 2.35. The Morgan fingerprint density at radius 2 is 2.11 bits per heavy atom. The summed E-state index contributed by atoms with van der Waals surface area (Å²) in [5.74, 6) is 0.990. The SMILES string of the molecule is CCCNC(=O)C(C)N(C)CCC1CCNCC1. The van der Waals surface area contributed by atoms with Crippen LogP contribution in [-0.2, 0) is 4.79 Å². The highest BCUT2D eigenvalue weighted by molar-refractivity contribution is 5.81. The van der Waals surface area contributed by atoms with Crippen molar-refractivity contribution in [2.45, 2.75) is 45.6 Å². The first-order chi connectivity index (χ1) is 8.65. The summed E-state index contributed by atoms with van der Waals surface area (Å²) in [6.45, 7) is 8.18. The quantitative estimate of drug-likeness (QED) is 0.719. The summed E-state index contributed by atoms with van der Waals surface area (Å²) in [6.07, 6.45) is 4.77. The number of carbonyl (C=O) groups excluding carboxylic acids is 1. The summed E-state index contributed by atoms with van der Waals surface area (Å²) in [5, 5.41) is 6.35. The first-order valence-electron chi connectivity index (χ1n) is 7.33. The Morgan fingerprint density at radius 3 is 2.72 bits per heavy atom. The highest BCUT2D eigenvalue weighted by Crippen LogP contribution is 2.16. The zero-order valence-corrected chi connectivity index (χ0v) is 12.2. The van der Waals surface area contributed by atoms with E-state index in [2.05, 4.69) is 29.5 Å². The lowest BCUT2D eigenvalue weighted by Gasteiger charge is -2.28. The molecule has 0 bridgehead atoms. The Kier molecular flexibility index (Phi) is 7.28. The van der Waals surface area contributed by atoms with Gasteiger partial charge in [0, 0.05) is 6.54 Å². The van der Waals surface area contributed by atoms with E-state index in [4.69, 9.17) is 0 Å². The molecule has 0 aromatic rings. The summed E-state index contributed by atoms with van der Waals surface area (Å²) in [6, 6.07) is -0.0155. The summed E-state index contributed by atoms with van der Waals surface area (Å²) in [5.41, 5.74) is 0. The van der Waals surface area contributed by atoms with E-state index in [9.17, 15) is 4.79 Å². The second-order valence-electron chi connectivity index (χ2n) is 5.43. The average Bonchev–Trinajstić information content (AvgIpc) is 2.42. The van der Waals surface area contributed by atoms with E-state index in [1.165, 1.54) is 19.3 Å². The molecule has 4 nitrogen and oxygen atoms in total. The second-order valence-corrected chi connectivity index (χ2v) is 5.43. The lowest BCUT2D eigenvalue weighted by molar-refractivity contribution is -0.125. The van der Waals surface area contributed by atoms with Gasteiger partial charge in [-0.25, -0.2) is 0 Å². The van der Waals surface area contributed by atoms with Gasteiger partial charge in [0.05, 0.1) is 6.04 Å². The van der Waals surface area contributed by atoms with E-state index in [1.54, 1.807) is 0 Å². The smallest absolute Gasteiger partial charge is 0.237 e. The van der Waals surface area contributed by atoms with E-state index < -0.39 is 0 Å². The highest BCUT2D eigenvalue weighted by Gasteiger charge is 2.19. The molecule has 4 heteroatoms. The van der Waals surface area contributed by atoms with Gasteiger partial charge < -0.3 is 10.6 Å². The van der Waals surface area contributed by atoms with Gasteiger partial charge in [-0.15, -0.1) is 0 Å². The van der Waals surface area contributed by atoms with Crippen molar-refractivity contribution in [1.29, 1.82) is 0 Å². The Morgan fingerprint density at radius 1 is 1.44 bits per heavy atom. The largest absolute Gasteiger partial charge is 0.355 e. The Labute approximate surface area is 111 Å². The minimum atomic E-state index is -0.0155. The number of nitrogens with zero attached hydrogens (tertiary/aromatic N) is 1. The maximum absolute atomic E-state index is 11.8. The number of piperidine rings is 1. The molecule has 1 saturated heterocycles. The molecule has 1 amide bonds. The van der Waals surface area contributed by atoms with Gasteiger partial charge in [0.15, 0.2) is 0 Å². The molecule has 0 aromatic carbocycles. The molecule has 1 aliphatic heterocycles. The minimum Gasteiger partial charge on any atom is -0.355 e. The van der Waals surface area contributed by atoms with E-state index in [0.29, 0.717) is 0 Å². The van der Waals surface area contributed by atoms with Crippen molar-refractivity contribution in [3.05, 3.63) is 0 Å². The van der Waals surface area contributed by atoms with Crippen LogP contribution >= 0.6 is 0 Å². The second kappa shape index (κ2) is 8.48. The summed E-state index contributed by atoms with van der Waals surface area (Å²) < 4.78 is 0. The summed E-state index contributed by atoms with van der Waals surface area (Å²) in [4.78, 5) is 14.0. The van der Waals surface area contributed by atoms with Crippen LogP contribution in [0.5, 0.6) is 0 Å². The van der Waals surface area contributed by atoms with Crippen molar-refractivity contribution in [3.63, 3.8) is 0 Å². The Hall–Kier alpha value is -0.610. The van der Waals surface area contributed by atoms with Gasteiger partial charge in [0.1, 0.15) is 0 Å². The number of amides is 1. The number of hydrogen-bond donors (Lipinski definition) is 2. The molecule has 106 valence electrons. The Balaban J connectivity index is 2.21. The third kappa shape index (κ3) is 5.36. The lowest BCUT2D eigenvalue weighted by Crippen LogP contribution is -2.44. The van der Waals surface area contributed by atoms with Crippen molar-refractivity contribution >= 4 is 5.91 Å². The molecule has 0 radical (unpaired) electrons. The van der Waals surface area contributed by atoms with Crippen LogP contribution in [0.4, 0.5) is 0 Å². The van der Waals surface area contributed by atoms with E-state index >= 15 is 0 Å². The predicted octanol–water partition coefficient (Wildman–Crippen LogP) is 1.22.